The molecule has 0 saturated heterocycles. The van der Waals surface area contributed by atoms with Crippen molar-refractivity contribution >= 4 is 11.9 Å². The van der Waals surface area contributed by atoms with Crippen molar-refractivity contribution in [3.8, 4) is 0 Å². The average Bonchev–Trinajstić information content (AvgIpc) is 2.14. The van der Waals surface area contributed by atoms with Crippen molar-refractivity contribution in [1.29, 1.82) is 0 Å². The fraction of sp³-hybridized carbons (Fsp3) is 0.700. The Morgan fingerprint density at radius 1 is 1.12 bits per heavy atom. The van der Waals surface area contributed by atoms with Gasteiger partial charge in [0, 0.05) is 6.54 Å². The minimum Gasteiger partial charge on any atom is -0.368 e. The second-order valence-corrected chi connectivity index (χ2v) is 5.01. The van der Waals surface area contributed by atoms with E-state index < -0.39 is 0 Å². The van der Waals surface area contributed by atoms with E-state index in [1.807, 2.05) is 7.05 Å². The van der Waals surface area contributed by atoms with Crippen LogP contribution >= 0.6 is 0 Å². The van der Waals surface area contributed by atoms with Crippen molar-refractivity contribution < 1.29 is 0 Å². The lowest BCUT2D eigenvalue weighted by Gasteiger charge is -2.28. The Morgan fingerprint density at radius 2 is 1.65 bits per heavy atom. The molecule has 0 fully saturated rings. The second-order valence-electron chi connectivity index (χ2n) is 5.01. The van der Waals surface area contributed by atoms with Crippen LogP contribution in [-0.4, -0.2) is 40.0 Å². The molecule has 0 amide bonds. The highest BCUT2D eigenvalue weighted by Gasteiger charge is 2.18. The third-order valence-corrected chi connectivity index (χ3v) is 2.38. The molecule has 1 aromatic rings. The van der Waals surface area contributed by atoms with E-state index in [2.05, 4.69) is 33.7 Å². The van der Waals surface area contributed by atoms with Gasteiger partial charge in [0.25, 0.3) is 0 Å². The molecule has 0 aliphatic heterocycles. The summed E-state index contributed by atoms with van der Waals surface area (Å²) in [7, 11) is 1.98. The Hall–Kier alpha value is -1.47. The summed E-state index contributed by atoms with van der Waals surface area (Å²) >= 11 is 0. The van der Waals surface area contributed by atoms with Gasteiger partial charge >= 0.3 is 0 Å². The summed E-state index contributed by atoms with van der Waals surface area (Å²) in [6, 6.07) is 0. The molecule has 1 heterocycles. The maximum atomic E-state index is 5.69. The highest BCUT2D eigenvalue weighted by molar-refractivity contribution is 5.25. The predicted molar refractivity (Wildman–Crippen MR) is 67.8 cm³/mol. The van der Waals surface area contributed by atoms with Crippen LogP contribution in [0.5, 0.6) is 0 Å². The maximum Gasteiger partial charge on any atom is 0.225 e. The summed E-state index contributed by atoms with van der Waals surface area (Å²) in [6.45, 7) is 6.26. The van der Waals surface area contributed by atoms with Gasteiger partial charge in [-0.05, 0) is 19.0 Å². The van der Waals surface area contributed by atoms with Crippen LogP contribution < -0.4 is 17.2 Å². The number of aromatic nitrogens is 3. The van der Waals surface area contributed by atoms with E-state index >= 15 is 0 Å². The predicted octanol–water partition coefficient (Wildman–Crippen LogP) is -0.547. The molecular formula is C10H21N7. The van der Waals surface area contributed by atoms with E-state index in [0.29, 0.717) is 18.9 Å². The number of nitrogen functional groups attached to an aromatic ring is 2. The first-order valence-corrected chi connectivity index (χ1v) is 5.47. The van der Waals surface area contributed by atoms with Crippen molar-refractivity contribution in [3.05, 3.63) is 5.82 Å². The Kier molecular flexibility index (Phi) is 4.19. The summed E-state index contributed by atoms with van der Waals surface area (Å²) < 4.78 is 0. The van der Waals surface area contributed by atoms with E-state index in [9.17, 15) is 0 Å². The van der Waals surface area contributed by atoms with E-state index in [0.717, 1.165) is 6.54 Å². The molecule has 17 heavy (non-hydrogen) atoms. The summed E-state index contributed by atoms with van der Waals surface area (Å²) in [4.78, 5) is 13.9. The number of nitrogens with two attached hydrogens (primary N) is 3. The molecule has 0 aromatic carbocycles. The van der Waals surface area contributed by atoms with E-state index in [1.165, 1.54) is 0 Å². The van der Waals surface area contributed by atoms with E-state index in [1.54, 1.807) is 0 Å². The number of anilines is 2. The SMILES string of the molecule is CN(Cc1nc(N)nc(N)n1)CC(C)(C)CN. The molecule has 1 aromatic heterocycles. The van der Waals surface area contributed by atoms with Gasteiger partial charge in [-0.3, -0.25) is 4.90 Å². The van der Waals surface area contributed by atoms with Gasteiger partial charge in [0.1, 0.15) is 5.82 Å². The van der Waals surface area contributed by atoms with E-state index in [-0.39, 0.29) is 17.3 Å². The molecule has 96 valence electrons. The van der Waals surface area contributed by atoms with Crippen molar-refractivity contribution in [3.63, 3.8) is 0 Å². The second kappa shape index (κ2) is 5.24. The Bertz CT molecular complexity index is 357. The van der Waals surface area contributed by atoms with Gasteiger partial charge in [-0.15, -0.1) is 0 Å². The largest absolute Gasteiger partial charge is 0.368 e. The van der Waals surface area contributed by atoms with Crippen LogP contribution in [-0.2, 0) is 6.54 Å². The van der Waals surface area contributed by atoms with Crippen LogP contribution in [0.15, 0.2) is 0 Å². The van der Waals surface area contributed by atoms with Gasteiger partial charge < -0.3 is 17.2 Å². The van der Waals surface area contributed by atoms with Crippen LogP contribution in [0.3, 0.4) is 0 Å². The molecule has 7 heteroatoms. The summed E-state index contributed by atoms with van der Waals surface area (Å²) in [5.41, 5.74) is 16.8. The summed E-state index contributed by atoms with van der Waals surface area (Å²) in [5, 5.41) is 0. The fourth-order valence-electron chi connectivity index (χ4n) is 1.62. The van der Waals surface area contributed by atoms with Gasteiger partial charge in [-0.1, -0.05) is 13.8 Å². The number of hydrogen-bond acceptors (Lipinski definition) is 7. The molecule has 7 nitrogen and oxygen atoms in total. The fourth-order valence-corrected chi connectivity index (χ4v) is 1.62. The maximum absolute atomic E-state index is 5.69. The minimum absolute atomic E-state index is 0.0544. The molecular weight excluding hydrogens is 218 g/mol. The quantitative estimate of drug-likeness (QED) is 0.630. The van der Waals surface area contributed by atoms with Crippen LogP contribution in [0.4, 0.5) is 11.9 Å². The van der Waals surface area contributed by atoms with E-state index in [4.69, 9.17) is 17.2 Å². The standard InChI is InChI=1S/C10H21N7/c1-10(2,5-11)6-17(3)4-7-14-8(12)16-9(13)15-7/h4-6,11H2,1-3H3,(H4,12,13,14,15,16). The zero-order valence-electron chi connectivity index (χ0n) is 10.6. The first-order chi connectivity index (χ1) is 7.82. The van der Waals surface area contributed by atoms with Gasteiger partial charge in [0.15, 0.2) is 0 Å². The third-order valence-electron chi connectivity index (χ3n) is 2.38. The molecule has 0 spiro atoms. The molecule has 0 aliphatic rings. The highest BCUT2D eigenvalue weighted by Crippen LogP contribution is 2.14. The first-order valence-electron chi connectivity index (χ1n) is 5.47. The third kappa shape index (κ3) is 4.49. The van der Waals surface area contributed by atoms with Gasteiger partial charge in [-0.25, -0.2) is 0 Å². The average molecular weight is 239 g/mol. The smallest absolute Gasteiger partial charge is 0.225 e. The summed E-state index contributed by atoms with van der Waals surface area (Å²) in [6.07, 6.45) is 0. The van der Waals surface area contributed by atoms with Gasteiger partial charge in [-0.2, -0.15) is 15.0 Å². The highest BCUT2D eigenvalue weighted by atomic mass is 15.2. The Balaban J connectivity index is 2.65. The van der Waals surface area contributed by atoms with Gasteiger partial charge in [0.05, 0.1) is 6.54 Å². The first kappa shape index (κ1) is 13.6. The van der Waals surface area contributed by atoms with Crippen molar-refractivity contribution in [1.82, 2.24) is 19.9 Å². The minimum atomic E-state index is 0.0544. The molecule has 0 saturated carbocycles. The lowest BCUT2D eigenvalue weighted by Crippen LogP contribution is -2.36. The number of hydrogen-bond donors (Lipinski definition) is 3. The summed E-state index contributed by atoms with van der Waals surface area (Å²) in [5.74, 6) is 0.878. The topological polar surface area (TPSA) is 120 Å². The zero-order valence-corrected chi connectivity index (χ0v) is 10.6. The molecule has 0 aliphatic carbocycles. The number of nitrogens with zero attached hydrogens (tertiary/aromatic N) is 4. The monoisotopic (exact) mass is 239 g/mol. The van der Waals surface area contributed by atoms with Crippen LogP contribution in [0, 0.1) is 5.41 Å². The van der Waals surface area contributed by atoms with Crippen molar-refractivity contribution in [2.45, 2.75) is 20.4 Å². The molecule has 6 N–H and O–H groups in total. The normalized spacial score (nSPS) is 12.1. The van der Waals surface area contributed by atoms with Crippen LogP contribution in [0.2, 0.25) is 0 Å². The molecule has 0 radical (unpaired) electrons. The lowest BCUT2D eigenvalue weighted by atomic mass is 9.93. The van der Waals surface area contributed by atoms with Crippen LogP contribution in [0.25, 0.3) is 0 Å². The lowest BCUT2D eigenvalue weighted by molar-refractivity contribution is 0.206. The van der Waals surface area contributed by atoms with Crippen LogP contribution in [0.1, 0.15) is 19.7 Å². The molecule has 1 rings (SSSR count). The van der Waals surface area contributed by atoms with Crippen molar-refractivity contribution in [2.75, 3.05) is 31.6 Å². The molecule has 0 atom stereocenters. The van der Waals surface area contributed by atoms with Crippen molar-refractivity contribution in [2.24, 2.45) is 11.1 Å². The Morgan fingerprint density at radius 3 is 2.12 bits per heavy atom. The Labute approximate surface area is 101 Å². The molecule has 0 unspecified atom stereocenters. The molecule has 0 bridgehead atoms. The number of rotatable bonds is 5. The van der Waals surface area contributed by atoms with Gasteiger partial charge in [0.2, 0.25) is 11.9 Å². The zero-order chi connectivity index (χ0) is 13.1.